The molecule has 0 saturated carbocycles. The molecule has 1 fully saturated rings. The van der Waals surface area contributed by atoms with E-state index in [1.165, 1.54) is 5.56 Å². The lowest BCUT2D eigenvalue weighted by Crippen LogP contribution is -2.52. The van der Waals surface area contributed by atoms with E-state index in [-0.39, 0.29) is 5.78 Å². The first-order chi connectivity index (χ1) is 12.8. The molecule has 4 heteroatoms. The summed E-state index contributed by atoms with van der Waals surface area (Å²) in [6.45, 7) is 4.03. The van der Waals surface area contributed by atoms with Gasteiger partial charge in [-0.15, -0.1) is 0 Å². The van der Waals surface area contributed by atoms with Crippen LogP contribution in [0.2, 0.25) is 0 Å². The van der Waals surface area contributed by atoms with E-state index in [0.29, 0.717) is 12.5 Å². The number of rotatable bonds is 8. The van der Waals surface area contributed by atoms with Gasteiger partial charge in [-0.1, -0.05) is 42.5 Å². The van der Waals surface area contributed by atoms with Crippen molar-refractivity contribution in [1.29, 1.82) is 0 Å². The van der Waals surface area contributed by atoms with Crippen LogP contribution < -0.4 is 10.1 Å². The van der Waals surface area contributed by atoms with Crippen molar-refractivity contribution in [2.75, 3.05) is 33.3 Å². The van der Waals surface area contributed by atoms with E-state index in [1.54, 1.807) is 7.11 Å². The monoisotopic (exact) mass is 352 g/mol. The van der Waals surface area contributed by atoms with Crippen LogP contribution in [-0.2, 0) is 6.42 Å². The maximum Gasteiger partial charge on any atom is 0.162 e. The second-order valence-corrected chi connectivity index (χ2v) is 6.84. The molecule has 138 valence electrons. The number of ketones is 1. The molecule has 0 radical (unpaired) electrons. The first-order valence-corrected chi connectivity index (χ1v) is 9.42. The number of nitrogens with zero attached hydrogens (tertiary/aromatic N) is 1. The van der Waals surface area contributed by atoms with Gasteiger partial charge in [0.1, 0.15) is 5.75 Å². The summed E-state index contributed by atoms with van der Waals surface area (Å²) < 4.78 is 5.24. The Hall–Kier alpha value is -2.17. The number of ether oxygens (including phenoxy) is 1. The molecule has 1 aliphatic rings. The van der Waals surface area contributed by atoms with Crippen LogP contribution >= 0.6 is 0 Å². The molecule has 0 aromatic heterocycles. The van der Waals surface area contributed by atoms with Gasteiger partial charge in [-0.05, 0) is 37.1 Å². The number of benzene rings is 2. The first kappa shape index (κ1) is 18.6. The van der Waals surface area contributed by atoms with Crippen molar-refractivity contribution in [2.45, 2.75) is 25.3 Å². The van der Waals surface area contributed by atoms with E-state index in [1.807, 2.05) is 42.5 Å². The highest BCUT2D eigenvalue weighted by Crippen LogP contribution is 2.16. The molecule has 26 heavy (non-hydrogen) atoms. The van der Waals surface area contributed by atoms with Gasteiger partial charge in [-0.2, -0.15) is 0 Å². The van der Waals surface area contributed by atoms with Gasteiger partial charge < -0.3 is 10.1 Å². The number of piperazine rings is 1. The van der Waals surface area contributed by atoms with Gasteiger partial charge >= 0.3 is 0 Å². The Morgan fingerprint density at radius 1 is 1.15 bits per heavy atom. The molecule has 1 unspecified atom stereocenters. The number of carbonyl (C=O) groups excluding carboxylic acids is 1. The maximum atomic E-state index is 12.3. The van der Waals surface area contributed by atoms with E-state index in [4.69, 9.17) is 4.74 Å². The third-order valence-electron chi connectivity index (χ3n) is 5.05. The molecular weight excluding hydrogens is 324 g/mol. The number of carbonyl (C=O) groups is 1. The fourth-order valence-corrected chi connectivity index (χ4v) is 3.54. The van der Waals surface area contributed by atoms with Crippen molar-refractivity contribution in [3.05, 3.63) is 65.7 Å². The lowest BCUT2D eigenvalue weighted by Gasteiger charge is -2.36. The summed E-state index contributed by atoms with van der Waals surface area (Å²) in [4.78, 5) is 14.8. The first-order valence-electron chi connectivity index (χ1n) is 9.42. The number of hydrogen-bond acceptors (Lipinski definition) is 4. The van der Waals surface area contributed by atoms with Crippen molar-refractivity contribution in [1.82, 2.24) is 10.2 Å². The second kappa shape index (κ2) is 9.51. The molecule has 1 aliphatic heterocycles. The fourth-order valence-electron chi connectivity index (χ4n) is 3.54. The summed E-state index contributed by atoms with van der Waals surface area (Å²) in [6.07, 6.45) is 2.54. The summed E-state index contributed by atoms with van der Waals surface area (Å²) in [7, 11) is 1.69. The molecular formula is C22H28N2O2. The number of nitrogens with one attached hydrogen (secondary N) is 1. The van der Waals surface area contributed by atoms with Crippen LogP contribution in [0.3, 0.4) is 0 Å². The molecule has 4 nitrogen and oxygen atoms in total. The summed E-state index contributed by atoms with van der Waals surface area (Å²) in [5.41, 5.74) is 2.15. The van der Waals surface area contributed by atoms with Crippen LogP contribution in [0.5, 0.6) is 5.75 Å². The zero-order valence-corrected chi connectivity index (χ0v) is 15.5. The van der Waals surface area contributed by atoms with Crippen LogP contribution in [-0.4, -0.2) is 50.0 Å². The van der Waals surface area contributed by atoms with Gasteiger partial charge in [0.25, 0.3) is 0 Å². The SMILES string of the molecule is COc1ccc(CC2CNCCN2CCCC(=O)c2ccccc2)cc1. The van der Waals surface area contributed by atoms with Crippen molar-refractivity contribution in [3.8, 4) is 5.75 Å². The predicted molar refractivity (Wildman–Crippen MR) is 105 cm³/mol. The Bertz CT molecular complexity index is 685. The van der Waals surface area contributed by atoms with Crippen LogP contribution in [0.15, 0.2) is 54.6 Å². The lowest BCUT2D eigenvalue weighted by molar-refractivity contribution is 0.0964. The van der Waals surface area contributed by atoms with Crippen molar-refractivity contribution in [2.24, 2.45) is 0 Å². The van der Waals surface area contributed by atoms with Gasteiger partial charge in [0.05, 0.1) is 7.11 Å². The van der Waals surface area contributed by atoms with Crippen LogP contribution in [0.25, 0.3) is 0 Å². The molecule has 2 aromatic carbocycles. The molecule has 1 atom stereocenters. The molecule has 1 N–H and O–H groups in total. The minimum Gasteiger partial charge on any atom is -0.497 e. The smallest absolute Gasteiger partial charge is 0.162 e. The molecule has 0 bridgehead atoms. The molecule has 0 aliphatic carbocycles. The molecule has 2 aromatic rings. The molecule has 0 spiro atoms. The minimum atomic E-state index is 0.243. The second-order valence-electron chi connectivity index (χ2n) is 6.84. The maximum absolute atomic E-state index is 12.3. The summed E-state index contributed by atoms with van der Waals surface area (Å²) in [5, 5.41) is 3.50. The molecule has 3 rings (SSSR count). The van der Waals surface area contributed by atoms with Crippen LogP contribution in [0.1, 0.15) is 28.8 Å². The number of methoxy groups -OCH3 is 1. The lowest BCUT2D eigenvalue weighted by atomic mass is 10.0. The van der Waals surface area contributed by atoms with Crippen LogP contribution in [0, 0.1) is 0 Å². The minimum absolute atomic E-state index is 0.243. The van der Waals surface area contributed by atoms with Crippen LogP contribution in [0.4, 0.5) is 0 Å². The third-order valence-corrected chi connectivity index (χ3v) is 5.05. The fraction of sp³-hybridized carbons (Fsp3) is 0.409. The zero-order valence-electron chi connectivity index (χ0n) is 15.5. The molecule has 1 saturated heterocycles. The summed E-state index contributed by atoms with van der Waals surface area (Å²) in [6, 6.07) is 18.4. The zero-order chi connectivity index (χ0) is 18.2. The van der Waals surface area contributed by atoms with Gasteiger partial charge in [-0.25, -0.2) is 0 Å². The molecule has 1 heterocycles. The highest BCUT2D eigenvalue weighted by Gasteiger charge is 2.22. The predicted octanol–water partition coefficient (Wildman–Crippen LogP) is 3.17. The Kier molecular flexibility index (Phi) is 6.81. The van der Waals surface area contributed by atoms with E-state index in [2.05, 4.69) is 22.3 Å². The van der Waals surface area contributed by atoms with E-state index >= 15 is 0 Å². The van der Waals surface area contributed by atoms with Crippen molar-refractivity contribution < 1.29 is 9.53 Å². The quantitative estimate of drug-likeness (QED) is 0.741. The van der Waals surface area contributed by atoms with E-state index in [0.717, 1.165) is 50.3 Å². The topological polar surface area (TPSA) is 41.6 Å². The summed E-state index contributed by atoms with van der Waals surface area (Å²) >= 11 is 0. The van der Waals surface area contributed by atoms with Crippen molar-refractivity contribution in [3.63, 3.8) is 0 Å². The van der Waals surface area contributed by atoms with E-state index < -0.39 is 0 Å². The molecule has 0 amide bonds. The average Bonchev–Trinajstić information content (AvgIpc) is 2.70. The normalized spacial score (nSPS) is 17.8. The van der Waals surface area contributed by atoms with Gasteiger partial charge in [-0.3, -0.25) is 9.69 Å². The Morgan fingerprint density at radius 2 is 1.92 bits per heavy atom. The van der Waals surface area contributed by atoms with Gasteiger partial charge in [0.2, 0.25) is 0 Å². The average molecular weight is 352 g/mol. The Balaban J connectivity index is 1.51. The van der Waals surface area contributed by atoms with Gasteiger partial charge in [0, 0.05) is 37.7 Å². The van der Waals surface area contributed by atoms with Crippen molar-refractivity contribution >= 4 is 5.78 Å². The standard InChI is InChI=1S/C22H28N2O2/c1-26-21-11-9-18(10-12-21)16-20-17-23-13-15-24(20)14-5-8-22(25)19-6-3-2-4-7-19/h2-4,6-7,9-12,20,23H,5,8,13-17H2,1H3. The largest absolute Gasteiger partial charge is 0.497 e. The number of Topliss-reactive ketones (excluding diaryl/α,β-unsaturated/α-hetero) is 1. The highest BCUT2D eigenvalue weighted by molar-refractivity contribution is 5.95. The highest BCUT2D eigenvalue weighted by atomic mass is 16.5. The Labute approximate surface area is 156 Å². The summed E-state index contributed by atoms with van der Waals surface area (Å²) in [5.74, 6) is 1.14. The third kappa shape index (κ3) is 5.16. The Morgan fingerprint density at radius 3 is 2.65 bits per heavy atom. The van der Waals surface area contributed by atoms with Gasteiger partial charge in [0.15, 0.2) is 5.78 Å². The van der Waals surface area contributed by atoms with E-state index in [9.17, 15) is 4.79 Å². The number of hydrogen-bond donors (Lipinski definition) is 1.